The van der Waals surface area contributed by atoms with Crippen LogP contribution in [0.15, 0.2) is 29.3 Å². The van der Waals surface area contributed by atoms with Gasteiger partial charge in [0, 0.05) is 18.6 Å². The van der Waals surface area contributed by atoms with Crippen LogP contribution in [0.2, 0.25) is 5.02 Å². The van der Waals surface area contributed by atoms with Gasteiger partial charge in [0.15, 0.2) is 5.96 Å². The molecule has 1 N–H and O–H groups in total. The average molecular weight is 352 g/mol. The van der Waals surface area contributed by atoms with Gasteiger partial charge < -0.3 is 15.0 Å². The molecule has 0 amide bonds. The minimum Gasteiger partial charge on any atom is -0.492 e. The number of aliphatic imine (C=N–C) groups is 1. The van der Waals surface area contributed by atoms with Crippen molar-refractivity contribution in [1.29, 1.82) is 0 Å². The fourth-order valence-corrected chi connectivity index (χ4v) is 1.90. The number of halogens is 4. The monoisotopic (exact) mass is 351 g/mol. The Balaban J connectivity index is 2.47. The molecule has 0 atom stereocenters. The quantitative estimate of drug-likeness (QED) is 0.602. The maximum Gasteiger partial charge on any atom is 0.390 e. The van der Waals surface area contributed by atoms with Crippen LogP contribution in [0.25, 0.3) is 0 Å². The largest absolute Gasteiger partial charge is 0.492 e. The van der Waals surface area contributed by atoms with Crippen molar-refractivity contribution in [2.24, 2.45) is 4.99 Å². The van der Waals surface area contributed by atoms with Gasteiger partial charge in [0.25, 0.3) is 0 Å². The van der Waals surface area contributed by atoms with E-state index in [1.54, 1.807) is 36.2 Å². The third-order valence-corrected chi connectivity index (χ3v) is 3.08. The van der Waals surface area contributed by atoms with Gasteiger partial charge in [-0.1, -0.05) is 17.7 Å². The predicted octanol–water partition coefficient (Wildman–Crippen LogP) is 3.57. The summed E-state index contributed by atoms with van der Waals surface area (Å²) in [7, 11) is 1.75. The van der Waals surface area contributed by atoms with Gasteiger partial charge in [-0.05, 0) is 25.1 Å². The van der Waals surface area contributed by atoms with Crippen molar-refractivity contribution in [2.45, 2.75) is 19.5 Å². The lowest BCUT2D eigenvalue weighted by Gasteiger charge is -2.22. The fraction of sp³-hybridized carbons (Fsp3) is 0.533. The van der Waals surface area contributed by atoms with Crippen molar-refractivity contribution in [2.75, 3.05) is 33.3 Å². The second-order valence-corrected chi connectivity index (χ2v) is 5.26. The molecule has 1 aromatic carbocycles. The Kier molecular flexibility index (Phi) is 8.02. The molecule has 0 aromatic heterocycles. The van der Waals surface area contributed by atoms with E-state index in [4.69, 9.17) is 16.3 Å². The first-order valence-corrected chi connectivity index (χ1v) is 7.64. The van der Waals surface area contributed by atoms with Crippen molar-refractivity contribution >= 4 is 17.6 Å². The summed E-state index contributed by atoms with van der Waals surface area (Å²) in [5.74, 6) is 1.07. The van der Waals surface area contributed by atoms with Crippen LogP contribution in [-0.4, -0.2) is 50.3 Å². The molecule has 0 saturated heterocycles. The van der Waals surface area contributed by atoms with Crippen molar-refractivity contribution in [3.8, 4) is 5.75 Å². The zero-order valence-electron chi connectivity index (χ0n) is 13.2. The van der Waals surface area contributed by atoms with Crippen molar-refractivity contribution in [3.63, 3.8) is 0 Å². The zero-order valence-corrected chi connectivity index (χ0v) is 13.9. The lowest BCUT2D eigenvalue weighted by atomic mass is 10.3. The topological polar surface area (TPSA) is 36.9 Å². The van der Waals surface area contributed by atoms with Gasteiger partial charge in [-0.15, -0.1) is 0 Å². The maximum absolute atomic E-state index is 12.2. The third kappa shape index (κ3) is 8.54. The molecule has 4 nitrogen and oxygen atoms in total. The first-order chi connectivity index (χ1) is 10.8. The van der Waals surface area contributed by atoms with Gasteiger partial charge in [0.1, 0.15) is 12.4 Å². The molecule has 130 valence electrons. The number of alkyl halides is 3. The van der Waals surface area contributed by atoms with Gasteiger partial charge in [0.05, 0.1) is 19.5 Å². The lowest BCUT2D eigenvalue weighted by molar-refractivity contribution is -0.132. The number of rotatable bonds is 7. The van der Waals surface area contributed by atoms with Crippen LogP contribution in [-0.2, 0) is 0 Å². The van der Waals surface area contributed by atoms with Crippen LogP contribution in [0.3, 0.4) is 0 Å². The lowest BCUT2D eigenvalue weighted by Crippen LogP contribution is -2.41. The average Bonchev–Trinajstić information content (AvgIpc) is 2.45. The molecule has 0 aliphatic carbocycles. The normalized spacial score (nSPS) is 12.2. The standard InChI is InChI=1S/C15H21ClF3N3O/c1-3-20-14(21-8-7-15(17,18)19)22(2)9-10-23-13-6-4-5-12(16)11-13/h4-6,11H,3,7-10H2,1-2H3,(H,20,21). The molecule has 0 aliphatic heterocycles. The molecule has 23 heavy (non-hydrogen) atoms. The Bertz CT molecular complexity index is 509. The van der Waals surface area contributed by atoms with Crippen LogP contribution in [0.1, 0.15) is 13.3 Å². The number of ether oxygens (including phenoxy) is 1. The van der Waals surface area contributed by atoms with Gasteiger partial charge in [-0.25, -0.2) is 0 Å². The number of nitrogens with one attached hydrogen (secondary N) is 1. The van der Waals surface area contributed by atoms with Crippen LogP contribution < -0.4 is 10.1 Å². The van der Waals surface area contributed by atoms with E-state index in [1.165, 1.54) is 0 Å². The minimum atomic E-state index is -4.20. The highest BCUT2D eigenvalue weighted by Gasteiger charge is 2.26. The van der Waals surface area contributed by atoms with Gasteiger partial charge in [-0.2, -0.15) is 13.2 Å². The van der Waals surface area contributed by atoms with Gasteiger partial charge in [-0.3, -0.25) is 4.99 Å². The Morgan fingerprint density at radius 1 is 1.39 bits per heavy atom. The van der Waals surface area contributed by atoms with E-state index in [2.05, 4.69) is 10.3 Å². The highest BCUT2D eigenvalue weighted by atomic mass is 35.5. The summed E-state index contributed by atoms with van der Waals surface area (Å²) in [6, 6.07) is 7.01. The number of benzene rings is 1. The smallest absolute Gasteiger partial charge is 0.390 e. The summed E-state index contributed by atoms with van der Waals surface area (Å²) in [4.78, 5) is 5.70. The van der Waals surface area contributed by atoms with Crippen LogP contribution in [0, 0.1) is 0 Å². The van der Waals surface area contributed by atoms with E-state index < -0.39 is 12.6 Å². The molecule has 1 aromatic rings. The van der Waals surface area contributed by atoms with Crippen LogP contribution in [0.5, 0.6) is 5.75 Å². The molecule has 8 heteroatoms. The highest BCUT2D eigenvalue weighted by molar-refractivity contribution is 6.30. The summed E-state index contributed by atoms with van der Waals surface area (Å²) in [5.41, 5.74) is 0. The molecule has 1 rings (SSSR count). The SMILES string of the molecule is CCNC(=NCCC(F)(F)F)N(C)CCOc1cccc(Cl)c1. The number of likely N-dealkylation sites (N-methyl/N-ethyl adjacent to an activating group) is 1. The van der Waals surface area contributed by atoms with Crippen molar-refractivity contribution in [1.82, 2.24) is 10.2 Å². The predicted molar refractivity (Wildman–Crippen MR) is 86.2 cm³/mol. The molecule has 0 bridgehead atoms. The van der Waals surface area contributed by atoms with Crippen LogP contribution >= 0.6 is 11.6 Å². The number of hydrogen-bond donors (Lipinski definition) is 1. The van der Waals surface area contributed by atoms with Gasteiger partial charge in [0.2, 0.25) is 0 Å². The summed E-state index contributed by atoms with van der Waals surface area (Å²) < 4.78 is 42.1. The Morgan fingerprint density at radius 3 is 2.74 bits per heavy atom. The maximum atomic E-state index is 12.2. The molecule has 0 fully saturated rings. The first kappa shape index (κ1) is 19.4. The zero-order chi connectivity index (χ0) is 17.3. The summed E-state index contributed by atoms with van der Waals surface area (Å²) >= 11 is 5.86. The van der Waals surface area contributed by atoms with Crippen LogP contribution in [0.4, 0.5) is 13.2 Å². The molecule has 0 saturated carbocycles. The highest BCUT2D eigenvalue weighted by Crippen LogP contribution is 2.19. The summed E-state index contributed by atoms with van der Waals surface area (Å²) in [6.45, 7) is 2.97. The Hall–Kier alpha value is -1.63. The molecule has 0 unspecified atom stereocenters. The minimum absolute atomic E-state index is 0.300. The van der Waals surface area contributed by atoms with Gasteiger partial charge >= 0.3 is 6.18 Å². The summed E-state index contributed by atoms with van der Waals surface area (Å²) in [6.07, 6.45) is -5.14. The van der Waals surface area contributed by atoms with Crippen molar-refractivity contribution < 1.29 is 17.9 Å². The number of nitrogens with zero attached hydrogens (tertiary/aromatic N) is 2. The van der Waals surface area contributed by atoms with E-state index in [0.717, 1.165) is 0 Å². The second kappa shape index (κ2) is 9.50. The molecule has 0 aliphatic rings. The number of hydrogen-bond acceptors (Lipinski definition) is 2. The van der Waals surface area contributed by atoms with Crippen molar-refractivity contribution in [3.05, 3.63) is 29.3 Å². The molecular formula is C15H21ClF3N3O. The number of guanidine groups is 1. The molecule has 0 radical (unpaired) electrons. The summed E-state index contributed by atoms with van der Waals surface area (Å²) in [5, 5.41) is 3.54. The molecule has 0 heterocycles. The van der Waals surface area contributed by atoms with E-state index in [-0.39, 0.29) is 6.54 Å². The fourth-order valence-electron chi connectivity index (χ4n) is 1.72. The third-order valence-electron chi connectivity index (χ3n) is 2.84. The molecule has 0 spiro atoms. The first-order valence-electron chi connectivity index (χ1n) is 7.26. The Labute approximate surface area is 139 Å². The van der Waals surface area contributed by atoms with E-state index in [9.17, 15) is 13.2 Å². The second-order valence-electron chi connectivity index (χ2n) is 4.83. The van der Waals surface area contributed by atoms with E-state index >= 15 is 0 Å². The molecular weight excluding hydrogens is 331 g/mol. The Morgan fingerprint density at radius 2 is 2.13 bits per heavy atom. The van der Waals surface area contributed by atoms with E-state index in [1.807, 2.05) is 6.92 Å². The van der Waals surface area contributed by atoms with E-state index in [0.29, 0.717) is 36.4 Å².